The van der Waals surface area contributed by atoms with Crippen molar-refractivity contribution in [2.45, 2.75) is 23.5 Å². The van der Waals surface area contributed by atoms with Crippen LogP contribution in [0.15, 0.2) is 33.6 Å². The van der Waals surface area contributed by atoms with Crippen LogP contribution in [0.3, 0.4) is 0 Å². The van der Waals surface area contributed by atoms with Crippen molar-refractivity contribution < 1.29 is 18.3 Å². The van der Waals surface area contributed by atoms with Crippen LogP contribution in [0.5, 0.6) is 0 Å². The fourth-order valence-electron chi connectivity index (χ4n) is 1.36. The Kier molecular flexibility index (Phi) is 4.09. The maximum Gasteiger partial charge on any atom is 0.322 e. The molecule has 88 valence electrons. The van der Waals surface area contributed by atoms with E-state index in [1.807, 2.05) is 0 Å². The first-order valence-corrected chi connectivity index (χ1v) is 6.96. The van der Waals surface area contributed by atoms with Crippen LogP contribution in [0.4, 0.5) is 0 Å². The molecule has 4 nitrogen and oxygen atoms in total. The Morgan fingerprint density at radius 1 is 1.44 bits per heavy atom. The van der Waals surface area contributed by atoms with Gasteiger partial charge in [-0.2, -0.15) is 0 Å². The Bertz CT molecular complexity index is 495. The van der Waals surface area contributed by atoms with Gasteiger partial charge in [-0.3, -0.25) is 4.79 Å². The van der Waals surface area contributed by atoms with Crippen molar-refractivity contribution in [3.8, 4) is 0 Å². The Labute approximate surface area is 102 Å². The molecule has 1 aromatic carbocycles. The highest BCUT2D eigenvalue weighted by molar-refractivity contribution is 9.10. The lowest BCUT2D eigenvalue weighted by Gasteiger charge is -2.12. The highest BCUT2D eigenvalue weighted by atomic mass is 79.9. The molecule has 0 aromatic heterocycles. The number of aliphatic carboxylic acids is 1. The van der Waals surface area contributed by atoms with Gasteiger partial charge in [0.05, 0.1) is 4.90 Å². The molecule has 0 aliphatic rings. The molecular formula is C10H11BrO4S. The summed E-state index contributed by atoms with van der Waals surface area (Å²) in [6, 6.07) is 6.20. The lowest BCUT2D eigenvalue weighted by molar-refractivity contribution is -0.136. The highest BCUT2D eigenvalue weighted by Gasteiger charge is 2.33. The summed E-state index contributed by atoms with van der Waals surface area (Å²) in [6.45, 7) is 1.53. The minimum Gasteiger partial charge on any atom is -0.480 e. The van der Waals surface area contributed by atoms with Crippen molar-refractivity contribution in [2.75, 3.05) is 0 Å². The largest absolute Gasteiger partial charge is 0.480 e. The first kappa shape index (κ1) is 13.2. The molecule has 0 bridgehead atoms. The van der Waals surface area contributed by atoms with E-state index in [1.54, 1.807) is 18.2 Å². The van der Waals surface area contributed by atoms with Crippen LogP contribution in [-0.4, -0.2) is 24.7 Å². The molecule has 1 N–H and O–H groups in total. The van der Waals surface area contributed by atoms with Crippen molar-refractivity contribution in [3.05, 3.63) is 28.7 Å². The van der Waals surface area contributed by atoms with Crippen LogP contribution in [0.1, 0.15) is 13.3 Å². The lowest BCUT2D eigenvalue weighted by Crippen LogP contribution is -2.29. The number of hydrogen-bond donors (Lipinski definition) is 1. The van der Waals surface area contributed by atoms with E-state index in [0.29, 0.717) is 4.47 Å². The van der Waals surface area contributed by atoms with Gasteiger partial charge >= 0.3 is 5.97 Å². The first-order chi connectivity index (χ1) is 7.41. The van der Waals surface area contributed by atoms with Crippen molar-refractivity contribution in [2.24, 2.45) is 0 Å². The number of rotatable bonds is 4. The van der Waals surface area contributed by atoms with E-state index in [4.69, 9.17) is 5.11 Å². The molecular weight excluding hydrogens is 296 g/mol. The van der Waals surface area contributed by atoms with E-state index in [0.717, 1.165) is 0 Å². The quantitative estimate of drug-likeness (QED) is 0.924. The van der Waals surface area contributed by atoms with E-state index in [1.165, 1.54) is 13.0 Å². The second-order valence-corrected chi connectivity index (χ2v) is 6.16. The fraction of sp³-hybridized carbons (Fsp3) is 0.300. The third-order valence-corrected chi connectivity index (χ3v) is 5.37. The third-order valence-electron chi connectivity index (χ3n) is 2.16. The van der Waals surface area contributed by atoms with E-state index in [2.05, 4.69) is 15.9 Å². The number of carboxylic acids is 1. The summed E-state index contributed by atoms with van der Waals surface area (Å²) in [5.41, 5.74) is 0. The van der Waals surface area contributed by atoms with Crippen LogP contribution in [0.25, 0.3) is 0 Å². The zero-order valence-electron chi connectivity index (χ0n) is 8.55. The van der Waals surface area contributed by atoms with Crippen LogP contribution in [0, 0.1) is 0 Å². The van der Waals surface area contributed by atoms with Gasteiger partial charge in [0.1, 0.15) is 0 Å². The summed E-state index contributed by atoms with van der Waals surface area (Å²) in [5, 5.41) is 7.47. The van der Waals surface area contributed by atoms with Gasteiger partial charge in [-0.15, -0.1) is 0 Å². The molecule has 0 radical (unpaired) electrons. The summed E-state index contributed by atoms with van der Waals surface area (Å²) >= 11 is 3.11. The first-order valence-electron chi connectivity index (χ1n) is 4.62. The monoisotopic (exact) mass is 306 g/mol. The standard InChI is InChI=1S/C10H11BrO4S/c1-2-8(10(12)13)16(14,15)9-6-4-3-5-7(9)11/h3-6,8H,2H2,1H3,(H,12,13). The molecule has 0 amide bonds. The van der Waals surface area contributed by atoms with Crippen molar-refractivity contribution in [3.63, 3.8) is 0 Å². The molecule has 0 aliphatic heterocycles. The number of hydrogen-bond acceptors (Lipinski definition) is 3. The van der Waals surface area contributed by atoms with Crippen LogP contribution < -0.4 is 0 Å². The van der Waals surface area contributed by atoms with E-state index in [-0.39, 0.29) is 11.3 Å². The van der Waals surface area contributed by atoms with Gasteiger partial charge < -0.3 is 5.11 Å². The Morgan fingerprint density at radius 2 is 2.00 bits per heavy atom. The summed E-state index contributed by atoms with van der Waals surface area (Å²) < 4.78 is 24.4. The summed E-state index contributed by atoms with van der Waals surface area (Å²) in [7, 11) is -3.83. The van der Waals surface area contributed by atoms with Gasteiger partial charge in [0.2, 0.25) is 0 Å². The summed E-state index contributed by atoms with van der Waals surface area (Å²) in [5.74, 6) is -1.32. The predicted molar refractivity (Wildman–Crippen MR) is 63.0 cm³/mol. The molecule has 0 saturated heterocycles. The second-order valence-electron chi connectivity index (χ2n) is 3.21. The number of benzene rings is 1. The molecule has 1 unspecified atom stereocenters. The molecule has 1 rings (SSSR count). The number of halogens is 1. The number of carbonyl (C=O) groups is 1. The fourth-order valence-corrected chi connectivity index (χ4v) is 3.94. The average molecular weight is 307 g/mol. The Balaban J connectivity index is 3.32. The second kappa shape index (κ2) is 4.97. The zero-order chi connectivity index (χ0) is 12.3. The zero-order valence-corrected chi connectivity index (χ0v) is 11.0. The van der Waals surface area contributed by atoms with E-state index >= 15 is 0 Å². The van der Waals surface area contributed by atoms with Gasteiger partial charge in [-0.1, -0.05) is 19.1 Å². The minimum absolute atomic E-state index is 0.0178. The molecule has 0 fully saturated rings. The smallest absolute Gasteiger partial charge is 0.322 e. The normalized spacial score (nSPS) is 13.4. The number of sulfone groups is 1. The van der Waals surface area contributed by atoms with Gasteiger partial charge in [0.15, 0.2) is 15.1 Å². The maximum absolute atomic E-state index is 12.0. The third kappa shape index (κ3) is 2.44. The topological polar surface area (TPSA) is 71.4 Å². The van der Waals surface area contributed by atoms with Gasteiger partial charge in [-0.05, 0) is 34.5 Å². The van der Waals surface area contributed by atoms with E-state index in [9.17, 15) is 13.2 Å². The lowest BCUT2D eigenvalue weighted by atomic mass is 10.3. The predicted octanol–water partition coefficient (Wildman–Crippen LogP) is 2.09. The van der Waals surface area contributed by atoms with Gasteiger partial charge in [-0.25, -0.2) is 8.42 Å². The van der Waals surface area contributed by atoms with Crippen molar-refractivity contribution in [1.82, 2.24) is 0 Å². The molecule has 0 saturated carbocycles. The Morgan fingerprint density at radius 3 is 2.44 bits per heavy atom. The van der Waals surface area contributed by atoms with Crippen LogP contribution in [-0.2, 0) is 14.6 Å². The number of carboxylic acid groups (broad SMARTS) is 1. The van der Waals surface area contributed by atoms with Crippen molar-refractivity contribution >= 4 is 31.7 Å². The molecule has 16 heavy (non-hydrogen) atoms. The maximum atomic E-state index is 12.0. The molecule has 6 heteroatoms. The van der Waals surface area contributed by atoms with Crippen LogP contribution >= 0.6 is 15.9 Å². The average Bonchev–Trinajstić information content (AvgIpc) is 2.17. The van der Waals surface area contributed by atoms with Crippen LogP contribution in [0.2, 0.25) is 0 Å². The molecule has 0 heterocycles. The molecule has 0 aliphatic carbocycles. The molecule has 1 aromatic rings. The van der Waals surface area contributed by atoms with Crippen molar-refractivity contribution in [1.29, 1.82) is 0 Å². The Hall–Kier alpha value is -0.880. The van der Waals surface area contributed by atoms with Gasteiger partial charge in [0.25, 0.3) is 0 Å². The van der Waals surface area contributed by atoms with E-state index < -0.39 is 21.1 Å². The summed E-state index contributed by atoms with van der Waals surface area (Å²) in [6.07, 6.45) is 0.0407. The highest BCUT2D eigenvalue weighted by Crippen LogP contribution is 2.26. The SMILES string of the molecule is CCC(C(=O)O)S(=O)(=O)c1ccccc1Br. The summed E-state index contributed by atoms with van der Waals surface area (Å²) in [4.78, 5) is 10.9. The molecule has 0 spiro atoms. The minimum atomic E-state index is -3.83. The van der Waals surface area contributed by atoms with Gasteiger partial charge in [0, 0.05) is 4.47 Å². The molecule has 1 atom stereocenters.